The van der Waals surface area contributed by atoms with Crippen LogP contribution >= 0.6 is 0 Å². The van der Waals surface area contributed by atoms with Gasteiger partial charge in [0, 0.05) is 42.9 Å². The number of rotatable bonds is 10. The highest BCUT2D eigenvalue weighted by molar-refractivity contribution is 5.99. The maximum atomic E-state index is 14.8. The fourth-order valence-corrected chi connectivity index (χ4v) is 9.68. The quantitative estimate of drug-likeness (QED) is 0.132. The van der Waals surface area contributed by atoms with Gasteiger partial charge in [-0.25, -0.2) is 0 Å². The van der Waals surface area contributed by atoms with Crippen molar-refractivity contribution in [3.63, 3.8) is 0 Å². The molecule has 65 heavy (non-hydrogen) atoms. The second-order valence-electron chi connectivity index (χ2n) is 19.0. The second kappa shape index (κ2) is 21.3. The lowest BCUT2D eigenvalue weighted by Crippen LogP contribution is -2.63. The fourth-order valence-electron chi connectivity index (χ4n) is 9.68. The first kappa shape index (κ1) is 47.0. The maximum Gasteiger partial charge on any atom is 0.246 e. The number of para-hydroxylation sites is 1. The molecular weight excluding hydrogens is 823 g/mol. The van der Waals surface area contributed by atoms with Gasteiger partial charge in [0.25, 0.3) is 0 Å². The summed E-state index contributed by atoms with van der Waals surface area (Å²) in [5, 5.41) is 15.8. The number of amides is 6. The molecule has 0 bridgehead atoms. The Morgan fingerprint density at radius 1 is 0.600 bits per heavy atom. The Kier molecular flexibility index (Phi) is 15.4. The first-order chi connectivity index (χ1) is 31.2. The predicted molar refractivity (Wildman–Crippen MR) is 248 cm³/mol. The average Bonchev–Trinajstić information content (AvgIpc) is 3.95. The van der Waals surface area contributed by atoms with Gasteiger partial charge in [-0.2, -0.15) is 0 Å². The molecule has 3 fully saturated rings. The normalized spacial score (nSPS) is 25.1. The van der Waals surface area contributed by atoms with Crippen molar-refractivity contribution in [1.29, 1.82) is 0 Å². The van der Waals surface area contributed by atoms with E-state index in [4.69, 9.17) is 4.74 Å². The Bertz CT molecular complexity index is 2290. The summed E-state index contributed by atoms with van der Waals surface area (Å²) >= 11 is 0. The van der Waals surface area contributed by atoms with Crippen LogP contribution in [0.25, 0.3) is 10.9 Å². The van der Waals surface area contributed by atoms with E-state index in [-0.39, 0.29) is 31.7 Å². The molecule has 1 saturated carbocycles. The summed E-state index contributed by atoms with van der Waals surface area (Å²) in [4.78, 5) is 93.2. The lowest BCUT2D eigenvalue weighted by molar-refractivity contribution is -0.145. The zero-order valence-corrected chi connectivity index (χ0v) is 38.1. The molecule has 3 heterocycles. The van der Waals surface area contributed by atoms with E-state index in [2.05, 4.69) is 31.6 Å². The molecule has 0 spiro atoms. The van der Waals surface area contributed by atoms with Crippen LogP contribution in [0.1, 0.15) is 95.8 Å². The molecule has 0 unspecified atom stereocenters. The molecule has 14 heteroatoms. The van der Waals surface area contributed by atoms with Crippen molar-refractivity contribution in [2.45, 2.75) is 146 Å². The summed E-state index contributed by atoms with van der Waals surface area (Å²) in [5.74, 6) is -3.19. The van der Waals surface area contributed by atoms with Gasteiger partial charge in [-0.3, -0.25) is 28.8 Å². The molecule has 1 aromatic heterocycles. The van der Waals surface area contributed by atoms with Crippen LogP contribution in [-0.2, 0) is 52.8 Å². The maximum absolute atomic E-state index is 14.8. The Labute approximate surface area is 381 Å². The van der Waals surface area contributed by atoms with Crippen LogP contribution in [0.15, 0.2) is 91.1 Å². The third-order valence-electron chi connectivity index (χ3n) is 12.9. The molecular formula is C51H65N7O7. The zero-order chi connectivity index (χ0) is 46.1. The summed E-state index contributed by atoms with van der Waals surface area (Å²) in [6.07, 6.45) is 7.38. The van der Waals surface area contributed by atoms with Gasteiger partial charge in [0.2, 0.25) is 35.4 Å². The average molecular weight is 888 g/mol. The van der Waals surface area contributed by atoms with Crippen molar-refractivity contribution in [1.82, 2.24) is 36.5 Å². The van der Waals surface area contributed by atoms with Crippen molar-refractivity contribution in [3.05, 3.63) is 108 Å². The minimum Gasteiger partial charge on any atom is -0.370 e. The van der Waals surface area contributed by atoms with E-state index in [0.717, 1.165) is 59.7 Å². The van der Waals surface area contributed by atoms with Crippen LogP contribution in [0.4, 0.5) is 0 Å². The fraction of sp³-hybridized carbons (Fsp3) is 0.490. The van der Waals surface area contributed by atoms with Crippen LogP contribution in [0.2, 0.25) is 0 Å². The van der Waals surface area contributed by atoms with E-state index in [1.54, 1.807) is 6.92 Å². The van der Waals surface area contributed by atoms with Gasteiger partial charge in [0.05, 0.1) is 11.7 Å². The molecule has 4 aromatic rings. The number of benzene rings is 3. The number of hydrogen-bond acceptors (Lipinski definition) is 7. The van der Waals surface area contributed by atoms with Gasteiger partial charge in [-0.15, -0.1) is 0 Å². The second-order valence-corrected chi connectivity index (χ2v) is 19.0. The zero-order valence-electron chi connectivity index (χ0n) is 38.1. The highest BCUT2D eigenvalue weighted by Crippen LogP contribution is 2.29. The summed E-state index contributed by atoms with van der Waals surface area (Å²) in [7, 11) is 0. The first-order valence-corrected chi connectivity index (χ1v) is 23.4. The van der Waals surface area contributed by atoms with Crippen LogP contribution < -0.4 is 26.6 Å². The number of carbonyl (C=O) groups excluding carboxylic acids is 6. The van der Waals surface area contributed by atoms with E-state index >= 15 is 0 Å². The Hall–Kier alpha value is -6.02. The van der Waals surface area contributed by atoms with Crippen LogP contribution in [0, 0.1) is 5.92 Å². The third kappa shape index (κ3) is 12.4. The summed E-state index contributed by atoms with van der Waals surface area (Å²) in [6.45, 7) is 7.47. The molecule has 3 aromatic carbocycles. The summed E-state index contributed by atoms with van der Waals surface area (Å²) in [6, 6.07) is 19.4. The molecule has 2 aliphatic heterocycles. The smallest absolute Gasteiger partial charge is 0.246 e. The highest BCUT2D eigenvalue weighted by atomic mass is 16.5. The Morgan fingerprint density at radius 3 is 1.82 bits per heavy atom. The van der Waals surface area contributed by atoms with Gasteiger partial charge in [0.1, 0.15) is 36.3 Å². The lowest BCUT2D eigenvalue weighted by atomic mass is 9.84. The topological polar surface area (TPSA) is 191 Å². The molecule has 6 amide bonds. The third-order valence-corrected chi connectivity index (χ3v) is 12.9. The molecule has 14 nitrogen and oxygen atoms in total. The van der Waals surface area contributed by atoms with Gasteiger partial charge >= 0.3 is 0 Å². The van der Waals surface area contributed by atoms with Crippen molar-refractivity contribution >= 4 is 46.3 Å². The molecule has 7 atom stereocenters. The molecule has 2 saturated heterocycles. The number of aromatic amines is 1. The van der Waals surface area contributed by atoms with E-state index in [0.29, 0.717) is 19.3 Å². The van der Waals surface area contributed by atoms with E-state index < -0.39 is 83.4 Å². The number of carbonyl (C=O) groups is 6. The number of nitrogens with one attached hydrogen (secondary N) is 6. The number of nitrogens with zero attached hydrogens (tertiary/aromatic N) is 1. The standard InChI is InChI=1S/C51H65N7O7/c1-32(65-51(2,3)4)44-49(63)56-42(29-35-21-12-7-13-22-35)50(64)58-26-16-25-43(58)48(62)55-39(27-33-17-8-5-9-18-33)45(59)54-41(30-36-31-52-38-24-15-14-23-37(36)38)46(60)53-40(47(61)57-44)28-34-19-10-6-11-20-34/h6-7,10-15,19-24,31-33,39-44,52H,5,8-9,16-18,25-30H2,1-4H3,(H,53,60)(H,54,59)(H,55,62)(H,56,63)(H,57,61)/t32-,39+,40+,41-,42+,43+,44+/m1/s1. The summed E-state index contributed by atoms with van der Waals surface area (Å²) in [5.41, 5.74) is 2.43. The lowest BCUT2D eigenvalue weighted by Gasteiger charge is -2.34. The number of H-pyrrole nitrogens is 1. The van der Waals surface area contributed by atoms with Crippen LogP contribution in [0.3, 0.4) is 0 Å². The number of hydrogen-bond donors (Lipinski definition) is 6. The van der Waals surface area contributed by atoms with E-state index in [9.17, 15) is 28.8 Å². The Morgan fingerprint density at radius 2 is 1.15 bits per heavy atom. The molecule has 3 aliphatic rings. The van der Waals surface area contributed by atoms with Gasteiger partial charge < -0.3 is 41.2 Å². The monoisotopic (exact) mass is 887 g/mol. The summed E-state index contributed by atoms with van der Waals surface area (Å²) < 4.78 is 6.30. The molecule has 346 valence electrons. The van der Waals surface area contributed by atoms with Gasteiger partial charge in [-0.05, 0) is 75.6 Å². The van der Waals surface area contributed by atoms with Gasteiger partial charge in [-0.1, -0.05) is 111 Å². The highest BCUT2D eigenvalue weighted by Gasteiger charge is 2.42. The Balaban J connectivity index is 1.30. The van der Waals surface area contributed by atoms with Crippen molar-refractivity contribution in [2.24, 2.45) is 5.92 Å². The number of ether oxygens (including phenoxy) is 1. The minimum absolute atomic E-state index is 0.0564. The van der Waals surface area contributed by atoms with Crippen molar-refractivity contribution in [3.8, 4) is 0 Å². The molecule has 6 N–H and O–H groups in total. The van der Waals surface area contributed by atoms with E-state index in [1.165, 1.54) is 4.90 Å². The van der Waals surface area contributed by atoms with Gasteiger partial charge in [0.15, 0.2) is 0 Å². The molecule has 7 rings (SSSR count). The number of aromatic nitrogens is 1. The van der Waals surface area contributed by atoms with Crippen LogP contribution in [-0.4, -0.2) is 99.8 Å². The molecule has 1 aliphatic carbocycles. The van der Waals surface area contributed by atoms with Crippen molar-refractivity contribution in [2.75, 3.05) is 6.54 Å². The minimum atomic E-state index is -1.32. The van der Waals surface area contributed by atoms with Crippen molar-refractivity contribution < 1.29 is 33.5 Å². The number of fused-ring (bicyclic) bond motifs is 2. The first-order valence-electron chi connectivity index (χ1n) is 23.4. The molecule has 0 radical (unpaired) electrons. The SMILES string of the molecule is C[C@@H](OC(C)(C)C)[C@@H]1NC(=O)[C@H](Cc2ccccc2)NC(=O)[C@@H](Cc2c[nH]c3ccccc23)NC(=O)[C@H](CC2CCCCC2)NC(=O)[C@@H]2CCCN2C(=O)[C@H](Cc2ccccc2)NC1=O. The van der Waals surface area contributed by atoms with Crippen LogP contribution in [0.5, 0.6) is 0 Å². The largest absolute Gasteiger partial charge is 0.370 e. The predicted octanol–water partition coefficient (Wildman–Crippen LogP) is 4.80. The van der Waals surface area contributed by atoms with E-state index in [1.807, 2.05) is 112 Å².